The van der Waals surface area contributed by atoms with E-state index in [0.29, 0.717) is 18.9 Å². The van der Waals surface area contributed by atoms with Crippen LogP contribution in [0.25, 0.3) is 0 Å². The average molecular weight is 272 g/mol. The lowest BCUT2D eigenvalue weighted by atomic mass is 10.2. The van der Waals surface area contributed by atoms with Crippen LogP contribution in [0.5, 0.6) is 0 Å². The topological polar surface area (TPSA) is 59.0 Å². The van der Waals surface area contributed by atoms with Crippen LogP contribution in [-0.4, -0.2) is 22.4 Å². The molecule has 2 amide bonds. The number of anilines is 1. The maximum Gasteiger partial charge on any atom is 0.320 e. The van der Waals surface area contributed by atoms with Crippen molar-refractivity contribution in [3.05, 3.63) is 48.2 Å². The van der Waals surface area contributed by atoms with E-state index in [9.17, 15) is 4.79 Å². The first-order chi connectivity index (χ1) is 9.78. The van der Waals surface area contributed by atoms with Gasteiger partial charge in [-0.05, 0) is 12.0 Å². The molecule has 0 saturated carbocycles. The molecule has 0 unspecified atom stereocenters. The Balaban J connectivity index is 1.84. The van der Waals surface area contributed by atoms with Gasteiger partial charge in [-0.25, -0.2) is 4.79 Å². The number of amides is 2. The van der Waals surface area contributed by atoms with Crippen LogP contribution in [0.3, 0.4) is 0 Å². The lowest BCUT2D eigenvalue weighted by Gasteiger charge is -2.04. The Morgan fingerprint density at radius 3 is 2.80 bits per heavy atom. The van der Waals surface area contributed by atoms with Crippen molar-refractivity contribution >= 4 is 11.8 Å². The Kier molecular flexibility index (Phi) is 5.17. The molecule has 106 valence electrons. The maximum absolute atomic E-state index is 11.6. The number of urea groups is 1. The van der Waals surface area contributed by atoms with Crippen molar-refractivity contribution in [3.63, 3.8) is 0 Å². The molecule has 2 N–H and O–H groups in total. The van der Waals surface area contributed by atoms with Crippen LogP contribution >= 0.6 is 0 Å². The van der Waals surface area contributed by atoms with Gasteiger partial charge in [-0.3, -0.25) is 10.00 Å². The van der Waals surface area contributed by atoms with Gasteiger partial charge in [0.05, 0.1) is 6.54 Å². The van der Waals surface area contributed by atoms with Gasteiger partial charge in [0.15, 0.2) is 5.82 Å². The first kappa shape index (κ1) is 14.1. The lowest BCUT2D eigenvalue weighted by molar-refractivity contribution is 0.252. The molecule has 5 nitrogen and oxygen atoms in total. The molecule has 0 aliphatic rings. The standard InChI is InChI=1S/C15H20N4O/c1-2-3-10-16-15(20)17-14-9-11-19(18-14)12-13-7-5-4-6-8-13/h4-9,11H,2-3,10,12H2,1H3,(H2,16,17,18,20). The number of carbonyl (C=O) groups is 1. The van der Waals surface area contributed by atoms with E-state index >= 15 is 0 Å². The fourth-order valence-corrected chi connectivity index (χ4v) is 1.83. The van der Waals surface area contributed by atoms with Crippen molar-refractivity contribution < 1.29 is 4.79 Å². The number of unbranched alkanes of at least 4 members (excludes halogenated alkanes) is 1. The monoisotopic (exact) mass is 272 g/mol. The number of nitrogens with one attached hydrogen (secondary N) is 2. The summed E-state index contributed by atoms with van der Waals surface area (Å²) in [6, 6.07) is 11.7. The molecule has 5 heteroatoms. The van der Waals surface area contributed by atoms with Crippen molar-refractivity contribution in [3.8, 4) is 0 Å². The maximum atomic E-state index is 11.6. The molecule has 0 aliphatic heterocycles. The van der Waals surface area contributed by atoms with Gasteiger partial charge < -0.3 is 5.32 Å². The Morgan fingerprint density at radius 2 is 2.05 bits per heavy atom. The molecule has 0 fully saturated rings. The molecule has 0 spiro atoms. The van der Waals surface area contributed by atoms with Crippen LogP contribution in [-0.2, 0) is 6.54 Å². The lowest BCUT2D eigenvalue weighted by Crippen LogP contribution is -2.29. The zero-order chi connectivity index (χ0) is 14.2. The van der Waals surface area contributed by atoms with E-state index in [0.717, 1.165) is 12.8 Å². The van der Waals surface area contributed by atoms with Crippen LogP contribution in [0.1, 0.15) is 25.3 Å². The minimum Gasteiger partial charge on any atom is -0.338 e. The molecule has 0 bridgehead atoms. The number of benzene rings is 1. The second-order valence-electron chi connectivity index (χ2n) is 4.62. The summed E-state index contributed by atoms with van der Waals surface area (Å²) >= 11 is 0. The minimum absolute atomic E-state index is 0.205. The first-order valence-corrected chi connectivity index (χ1v) is 6.90. The van der Waals surface area contributed by atoms with E-state index in [1.165, 1.54) is 5.56 Å². The van der Waals surface area contributed by atoms with Gasteiger partial charge in [0, 0.05) is 18.8 Å². The molecule has 1 aromatic carbocycles. The van der Waals surface area contributed by atoms with Gasteiger partial charge in [-0.2, -0.15) is 5.10 Å². The van der Waals surface area contributed by atoms with Crippen LogP contribution in [0, 0.1) is 0 Å². The molecule has 2 aromatic rings. The molecule has 1 heterocycles. The summed E-state index contributed by atoms with van der Waals surface area (Å²) in [5.41, 5.74) is 1.18. The summed E-state index contributed by atoms with van der Waals surface area (Å²) in [6.45, 7) is 3.47. The smallest absolute Gasteiger partial charge is 0.320 e. The Morgan fingerprint density at radius 1 is 1.25 bits per heavy atom. The number of rotatable bonds is 6. The highest BCUT2D eigenvalue weighted by Crippen LogP contribution is 2.06. The van der Waals surface area contributed by atoms with Crippen molar-refractivity contribution in [2.24, 2.45) is 0 Å². The number of hydrogen-bond acceptors (Lipinski definition) is 2. The summed E-state index contributed by atoms with van der Waals surface area (Å²) in [4.78, 5) is 11.6. The molecule has 20 heavy (non-hydrogen) atoms. The second-order valence-corrected chi connectivity index (χ2v) is 4.62. The Bertz CT molecular complexity index is 536. The van der Waals surface area contributed by atoms with E-state index in [4.69, 9.17) is 0 Å². The van der Waals surface area contributed by atoms with Gasteiger partial charge >= 0.3 is 6.03 Å². The van der Waals surface area contributed by atoms with Crippen LogP contribution in [0.2, 0.25) is 0 Å². The zero-order valence-electron chi connectivity index (χ0n) is 11.7. The van der Waals surface area contributed by atoms with E-state index in [1.807, 2.05) is 36.5 Å². The molecular weight excluding hydrogens is 252 g/mol. The third-order valence-electron chi connectivity index (χ3n) is 2.89. The third kappa shape index (κ3) is 4.42. The van der Waals surface area contributed by atoms with Gasteiger partial charge in [-0.15, -0.1) is 0 Å². The van der Waals surface area contributed by atoms with Crippen LogP contribution in [0.4, 0.5) is 10.6 Å². The van der Waals surface area contributed by atoms with Crippen LogP contribution in [0.15, 0.2) is 42.6 Å². The largest absolute Gasteiger partial charge is 0.338 e. The molecule has 0 radical (unpaired) electrons. The van der Waals surface area contributed by atoms with E-state index in [1.54, 1.807) is 10.7 Å². The van der Waals surface area contributed by atoms with Gasteiger partial charge in [0.2, 0.25) is 0 Å². The number of hydrogen-bond donors (Lipinski definition) is 2. The normalized spacial score (nSPS) is 10.2. The van der Waals surface area contributed by atoms with E-state index in [2.05, 4.69) is 22.7 Å². The highest BCUT2D eigenvalue weighted by molar-refractivity contribution is 5.88. The quantitative estimate of drug-likeness (QED) is 0.794. The summed E-state index contributed by atoms with van der Waals surface area (Å²) in [7, 11) is 0. The summed E-state index contributed by atoms with van der Waals surface area (Å²) in [6.07, 6.45) is 3.90. The first-order valence-electron chi connectivity index (χ1n) is 6.90. The summed E-state index contributed by atoms with van der Waals surface area (Å²) in [5.74, 6) is 0.565. The third-order valence-corrected chi connectivity index (χ3v) is 2.89. The number of nitrogens with zero attached hydrogens (tertiary/aromatic N) is 2. The van der Waals surface area contributed by atoms with Crippen LogP contribution < -0.4 is 10.6 Å². The summed E-state index contributed by atoms with van der Waals surface area (Å²) < 4.78 is 1.80. The molecule has 2 rings (SSSR count). The highest BCUT2D eigenvalue weighted by Gasteiger charge is 2.04. The zero-order valence-corrected chi connectivity index (χ0v) is 11.7. The summed E-state index contributed by atoms with van der Waals surface area (Å²) in [5, 5.41) is 9.84. The van der Waals surface area contributed by atoms with Crippen molar-refractivity contribution in [1.82, 2.24) is 15.1 Å². The van der Waals surface area contributed by atoms with Gasteiger partial charge in [0.1, 0.15) is 0 Å². The predicted molar refractivity (Wildman–Crippen MR) is 79.7 cm³/mol. The van der Waals surface area contributed by atoms with Crippen molar-refractivity contribution in [2.75, 3.05) is 11.9 Å². The molecule has 0 saturated heterocycles. The Hall–Kier alpha value is -2.30. The highest BCUT2D eigenvalue weighted by atomic mass is 16.2. The Labute approximate surface area is 119 Å². The fraction of sp³-hybridized carbons (Fsp3) is 0.333. The number of carbonyl (C=O) groups excluding carboxylic acids is 1. The SMILES string of the molecule is CCCCNC(=O)Nc1ccn(Cc2ccccc2)n1. The molecule has 1 aromatic heterocycles. The van der Waals surface area contributed by atoms with Crippen molar-refractivity contribution in [2.45, 2.75) is 26.3 Å². The minimum atomic E-state index is -0.205. The van der Waals surface area contributed by atoms with E-state index in [-0.39, 0.29) is 6.03 Å². The van der Waals surface area contributed by atoms with E-state index < -0.39 is 0 Å². The number of aromatic nitrogens is 2. The predicted octanol–water partition coefficient (Wildman–Crippen LogP) is 2.85. The fourth-order valence-electron chi connectivity index (χ4n) is 1.83. The molecule has 0 atom stereocenters. The van der Waals surface area contributed by atoms with Gasteiger partial charge in [-0.1, -0.05) is 43.7 Å². The second kappa shape index (κ2) is 7.33. The van der Waals surface area contributed by atoms with Gasteiger partial charge in [0.25, 0.3) is 0 Å². The molecular formula is C15H20N4O. The van der Waals surface area contributed by atoms with Crippen molar-refractivity contribution in [1.29, 1.82) is 0 Å². The average Bonchev–Trinajstić information content (AvgIpc) is 2.87. The molecule has 0 aliphatic carbocycles.